The van der Waals surface area contributed by atoms with Crippen molar-refractivity contribution in [3.05, 3.63) is 75.4 Å². The Hall–Kier alpha value is -0.537. The summed E-state index contributed by atoms with van der Waals surface area (Å²) in [4.78, 5) is 0. The van der Waals surface area contributed by atoms with Crippen LogP contribution in [-0.2, 0) is 24.7 Å². The number of allylic oxidation sites excluding steroid dienone is 4. The van der Waals surface area contributed by atoms with Crippen molar-refractivity contribution in [1.82, 2.24) is 0 Å². The van der Waals surface area contributed by atoms with Crippen LogP contribution in [-0.4, -0.2) is 40.8 Å². The van der Waals surface area contributed by atoms with Crippen LogP contribution >= 0.6 is 0 Å². The van der Waals surface area contributed by atoms with E-state index in [1.807, 2.05) is 39.4 Å². The van der Waals surface area contributed by atoms with Crippen LogP contribution in [0.2, 0.25) is 0 Å². The Labute approximate surface area is 166 Å². The van der Waals surface area contributed by atoms with E-state index in [0.717, 1.165) is 38.9 Å². The van der Waals surface area contributed by atoms with Gasteiger partial charge in [0, 0.05) is 0 Å². The Morgan fingerprint density at radius 3 is 1.33 bits per heavy atom. The van der Waals surface area contributed by atoms with Gasteiger partial charge in [-0.05, 0) is 0 Å². The van der Waals surface area contributed by atoms with Crippen LogP contribution < -0.4 is 0 Å². The van der Waals surface area contributed by atoms with E-state index >= 15 is 0 Å². The van der Waals surface area contributed by atoms with Crippen LogP contribution in [0, 0.1) is 0 Å². The maximum absolute atomic E-state index is 3.85. The summed E-state index contributed by atoms with van der Waals surface area (Å²) in [6.45, 7) is 13.4. The van der Waals surface area contributed by atoms with Gasteiger partial charge in [-0.2, -0.15) is 21.1 Å². The van der Waals surface area contributed by atoms with Gasteiger partial charge in [0.05, 0.1) is 0 Å². The average Bonchev–Trinajstić information content (AvgIpc) is 3.09. The molecule has 0 fully saturated rings. The second kappa shape index (κ2) is 30.4. The molecular formula is C20H35N3Zr. The summed E-state index contributed by atoms with van der Waals surface area (Å²) in [5.74, 6) is 0. The number of hydrogen-bond acceptors (Lipinski definition) is 0. The molecule has 134 valence electrons. The quantitative estimate of drug-likeness (QED) is 0.328. The van der Waals surface area contributed by atoms with E-state index in [-0.39, 0.29) is 0 Å². The standard InChI is InChI=1S/3C5H10N.C5H5.Zr/c3*1-3-4-5-6-2;1-2-4-5-3-1;/h3*3H,1,4-5H2,2H3;1-3H,4H2;/q3*-1;;+3. The van der Waals surface area contributed by atoms with Crippen LogP contribution in [0.3, 0.4) is 0 Å². The summed E-state index contributed by atoms with van der Waals surface area (Å²) in [5, 5.41) is 11.6. The third kappa shape index (κ3) is 37.6. The van der Waals surface area contributed by atoms with Crippen molar-refractivity contribution in [2.75, 3.05) is 40.8 Å². The van der Waals surface area contributed by atoms with Crippen molar-refractivity contribution in [2.45, 2.75) is 25.7 Å². The summed E-state index contributed by atoms with van der Waals surface area (Å²) >= 11 is 1.56. The predicted octanol–water partition coefficient (Wildman–Crippen LogP) is 6.08. The van der Waals surface area contributed by atoms with Gasteiger partial charge in [0.15, 0.2) is 0 Å². The zero-order valence-corrected chi connectivity index (χ0v) is 18.3. The molecule has 1 rings (SSSR count). The molecule has 0 aromatic carbocycles. The Bertz CT molecular complexity index is 294. The molecule has 1 aliphatic rings. The van der Waals surface area contributed by atoms with E-state index in [1.165, 1.54) is 6.42 Å². The van der Waals surface area contributed by atoms with Crippen LogP contribution in [0.25, 0.3) is 16.0 Å². The number of nitrogens with zero attached hydrogens (tertiary/aromatic N) is 3. The first kappa shape index (κ1) is 28.3. The fourth-order valence-corrected chi connectivity index (χ4v) is 1.63. The minimum atomic E-state index is 0.920. The zero-order valence-electron chi connectivity index (χ0n) is 15.9. The van der Waals surface area contributed by atoms with Crippen molar-refractivity contribution in [2.24, 2.45) is 0 Å². The maximum atomic E-state index is 3.85. The van der Waals surface area contributed by atoms with Gasteiger partial charge in [-0.3, -0.25) is 0 Å². The van der Waals surface area contributed by atoms with Gasteiger partial charge in [0.1, 0.15) is 0 Å². The number of hydrogen-bond donors (Lipinski definition) is 0. The minimum absolute atomic E-state index is 0.920. The summed E-state index contributed by atoms with van der Waals surface area (Å²) in [6, 6.07) is 0. The normalized spacial score (nSPS) is 10.8. The van der Waals surface area contributed by atoms with Crippen molar-refractivity contribution in [3.63, 3.8) is 0 Å². The third-order valence-electron chi connectivity index (χ3n) is 2.44. The summed E-state index contributed by atoms with van der Waals surface area (Å²) in [7, 11) is 5.43. The monoisotopic (exact) mass is 407 g/mol. The molecule has 0 aromatic rings. The van der Waals surface area contributed by atoms with Crippen LogP contribution in [0.15, 0.2) is 59.5 Å². The SMILES string of the molecule is C=CCC[N-]C.C=CCC[N-]C.C=CCC[N-]C.[Zr+3][C]1=CC=CC1. The fourth-order valence-electron chi connectivity index (χ4n) is 1.11. The third-order valence-corrected chi connectivity index (χ3v) is 3.35. The first-order chi connectivity index (χ1) is 11.6. The molecular weight excluding hydrogens is 373 g/mol. The van der Waals surface area contributed by atoms with Crippen molar-refractivity contribution in [1.29, 1.82) is 0 Å². The van der Waals surface area contributed by atoms with Crippen LogP contribution in [0.4, 0.5) is 0 Å². The van der Waals surface area contributed by atoms with E-state index in [2.05, 4.69) is 53.9 Å². The molecule has 1 aliphatic carbocycles. The molecule has 0 radical (unpaired) electrons. The van der Waals surface area contributed by atoms with E-state index in [9.17, 15) is 0 Å². The molecule has 0 heterocycles. The number of rotatable bonds is 9. The molecule has 0 aromatic heterocycles. The Morgan fingerprint density at radius 1 is 0.875 bits per heavy atom. The van der Waals surface area contributed by atoms with Crippen molar-refractivity contribution in [3.8, 4) is 0 Å². The molecule has 0 saturated heterocycles. The molecule has 0 spiro atoms. The van der Waals surface area contributed by atoms with Gasteiger partial charge in [0.2, 0.25) is 0 Å². The van der Waals surface area contributed by atoms with Crippen molar-refractivity contribution >= 4 is 0 Å². The molecule has 0 atom stereocenters. The molecule has 0 amide bonds. The first-order valence-corrected chi connectivity index (χ1v) is 9.44. The summed E-state index contributed by atoms with van der Waals surface area (Å²) in [6.07, 6.45) is 16.3. The molecule has 0 unspecified atom stereocenters. The summed E-state index contributed by atoms with van der Waals surface area (Å²) < 4.78 is 1.56. The Kier molecular flexibility index (Phi) is 35.8. The summed E-state index contributed by atoms with van der Waals surface area (Å²) in [5.41, 5.74) is 0. The second-order valence-corrected chi connectivity index (χ2v) is 6.25. The molecule has 4 heteroatoms. The van der Waals surface area contributed by atoms with Gasteiger partial charge in [-0.25, -0.2) is 0 Å². The Balaban J connectivity index is -0.000000245. The van der Waals surface area contributed by atoms with Gasteiger partial charge >= 0.3 is 52.6 Å². The predicted molar refractivity (Wildman–Crippen MR) is 109 cm³/mol. The molecule has 3 nitrogen and oxygen atoms in total. The molecule has 0 N–H and O–H groups in total. The van der Waals surface area contributed by atoms with Gasteiger partial charge < -0.3 is 16.0 Å². The fraction of sp³-hybridized carbons (Fsp3) is 0.500. The van der Waals surface area contributed by atoms with E-state index in [4.69, 9.17) is 0 Å². The van der Waals surface area contributed by atoms with Gasteiger partial charge in [-0.1, -0.05) is 37.5 Å². The van der Waals surface area contributed by atoms with Crippen molar-refractivity contribution < 1.29 is 24.7 Å². The first-order valence-electron chi connectivity index (χ1n) is 8.21. The zero-order chi connectivity index (χ0) is 18.9. The van der Waals surface area contributed by atoms with E-state index in [1.54, 1.807) is 28.0 Å². The second-order valence-electron chi connectivity index (χ2n) is 4.68. The molecule has 0 aliphatic heterocycles. The molecule has 0 saturated carbocycles. The molecule has 24 heavy (non-hydrogen) atoms. The van der Waals surface area contributed by atoms with Crippen LogP contribution in [0.5, 0.6) is 0 Å². The molecule has 0 bridgehead atoms. The average molecular weight is 409 g/mol. The topological polar surface area (TPSA) is 42.3 Å². The van der Waals surface area contributed by atoms with E-state index in [0.29, 0.717) is 0 Å². The van der Waals surface area contributed by atoms with E-state index < -0.39 is 0 Å². The van der Waals surface area contributed by atoms with Crippen LogP contribution in [0.1, 0.15) is 25.7 Å². The Morgan fingerprint density at radius 2 is 1.25 bits per heavy atom. The van der Waals surface area contributed by atoms with Gasteiger partial charge in [-0.15, -0.1) is 39.4 Å². The van der Waals surface area contributed by atoms with Gasteiger partial charge in [0.25, 0.3) is 0 Å².